The van der Waals surface area contributed by atoms with Gasteiger partial charge >= 0.3 is 5.97 Å². The maximum absolute atomic E-state index is 10.7. The van der Waals surface area contributed by atoms with Crippen molar-refractivity contribution in [1.82, 2.24) is 0 Å². The fraction of sp³-hybridized carbons (Fsp3) is 0.222. The van der Waals surface area contributed by atoms with E-state index >= 15 is 0 Å². The number of halogens is 1. The smallest absolute Gasteiger partial charge is 0.337 e. The minimum atomic E-state index is -1.11. The van der Waals surface area contributed by atoms with Crippen molar-refractivity contribution in [3.63, 3.8) is 0 Å². The fourth-order valence-corrected chi connectivity index (χ4v) is 1.25. The quantitative estimate of drug-likeness (QED) is 0.635. The van der Waals surface area contributed by atoms with Crippen molar-refractivity contribution >= 4 is 74.6 Å². The first-order chi connectivity index (χ1) is 6.56. The predicted molar refractivity (Wildman–Crippen MR) is 59.7 cm³/mol. The molecule has 3 N–H and O–H groups in total. The van der Waals surface area contributed by atoms with Crippen molar-refractivity contribution in [3.8, 4) is 5.75 Å². The molecule has 0 fully saturated rings. The maximum atomic E-state index is 10.7. The SMILES string of the molecule is CCOc1cc(Cl)c(C(=O)O)cc1N.[K]. The van der Waals surface area contributed by atoms with Crippen LogP contribution in [0.25, 0.3) is 0 Å². The van der Waals surface area contributed by atoms with E-state index in [4.69, 9.17) is 27.2 Å². The molecule has 4 nitrogen and oxygen atoms in total. The third-order valence-corrected chi connectivity index (χ3v) is 1.94. The van der Waals surface area contributed by atoms with Crippen molar-refractivity contribution in [2.45, 2.75) is 6.92 Å². The molecule has 15 heavy (non-hydrogen) atoms. The van der Waals surface area contributed by atoms with E-state index in [-0.39, 0.29) is 67.7 Å². The van der Waals surface area contributed by atoms with Gasteiger partial charge in [-0.1, -0.05) is 11.6 Å². The average molecular weight is 255 g/mol. The zero-order chi connectivity index (χ0) is 10.7. The minimum absolute atomic E-state index is 0. The van der Waals surface area contributed by atoms with E-state index < -0.39 is 5.97 Å². The number of rotatable bonds is 3. The first-order valence-electron chi connectivity index (χ1n) is 4.01. The van der Waals surface area contributed by atoms with E-state index in [0.29, 0.717) is 12.4 Å². The Morgan fingerprint density at radius 3 is 2.67 bits per heavy atom. The van der Waals surface area contributed by atoms with Crippen molar-refractivity contribution < 1.29 is 14.6 Å². The van der Waals surface area contributed by atoms with Gasteiger partial charge in [0.15, 0.2) is 0 Å². The summed E-state index contributed by atoms with van der Waals surface area (Å²) in [5, 5.41) is 8.85. The van der Waals surface area contributed by atoms with Crippen LogP contribution in [0.5, 0.6) is 5.75 Å². The van der Waals surface area contributed by atoms with Crippen LogP contribution < -0.4 is 10.5 Å². The largest absolute Gasteiger partial charge is 0.492 e. The summed E-state index contributed by atoms with van der Waals surface area (Å²) >= 11 is 5.72. The molecule has 0 saturated heterocycles. The molecule has 0 atom stereocenters. The van der Waals surface area contributed by atoms with Crippen molar-refractivity contribution in [2.24, 2.45) is 0 Å². The summed E-state index contributed by atoms with van der Waals surface area (Å²) < 4.78 is 5.15. The third-order valence-electron chi connectivity index (χ3n) is 1.63. The Kier molecular flexibility index (Phi) is 6.82. The van der Waals surface area contributed by atoms with Gasteiger partial charge in [-0.3, -0.25) is 0 Å². The number of benzene rings is 1. The molecule has 1 aromatic carbocycles. The minimum Gasteiger partial charge on any atom is -0.492 e. The monoisotopic (exact) mass is 254 g/mol. The fourth-order valence-electron chi connectivity index (χ4n) is 1.02. The van der Waals surface area contributed by atoms with Crippen LogP contribution in [-0.2, 0) is 0 Å². The number of nitrogens with two attached hydrogens (primary N) is 1. The van der Waals surface area contributed by atoms with E-state index in [1.165, 1.54) is 12.1 Å². The molecule has 1 aromatic rings. The Morgan fingerprint density at radius 1 is 1.60 bits per heavy atom. The summed E-state index contributed by atoms with van der Waals surface area (Å²) in [6.45, 7) is 2.26. The Labute approximate surface area is 135 Å². The van der Waals surface area contributed by atoms with E-state index in [2.05, 4.69) is 0 Å². The summed E-state index contributed by atoms with van der Waals surface area (Å²) in [6.07, 6.45) is 0. The van der Waals surface area contributed by atoms with Gasteiger partial charge in [0.25, 0.3) is 0 Å². The summed E-state index contributed by atoms with van der Waals surface area (Å²) in [5.74, 6) is -0.702. The van der Waals surface area contributed by atoms with Gasteiger partial charge in [0, 0.05) is 57.5 Å². The van der Waals surface area contributed by atoms with Gasteiger partial charge in [-0.05, 0) is 13.0 Å². The van der Waals surface area contributed by atoms with Crippen LogP contribution in [-0.4, -0.2) is 69.1 Å². The molecule has 0 unspecified atom stereocenters. The third kappa shape index (κ3) is 3.94. The standard InChI is InChI=1S/C9H10ClNO3.K/c1-2-14-8-4-6(10)5(9(12)13)3-7(8)11;/h3-4H,2,11H2,1H3,(H,12,13);. The molecule has 0 aromatic heterocycles. The average Bonchev–Trinajstić information content (AvgIpc) is 2.10. The zero-order valence-electron chi connectivity index (χ0n) is 8.58. The Balaban J connectivity index is 0.00000196. The number of hydrogen-bond donors (Lipinski definition) is 2. The summed E-state index contributed by atoms with van der Waals surface area (Å²) in [6, 6.07) is 2.69. The van der Waals surface area contributed by atoms with Gasteiger partial charge in [-0.15, -0.1) is 0 Å². The molecule has 1 radical (unpaired) electrons. The van der Waals surface area contributed by atoms with Crippen LogP contribution in [0.3, 0.4) is 0 Å². The Bertz CT molecular complexity index is 371. The van der Waals surface area contributed by atoms with E-state index in [1.54, 1.807) is 6.92 Å². The number of ether oxygens (including phenoxy) is 1. The Morgan fingerprint density at radius 2 is 2.20 bits per heavy atom. The number of carbonyl (C=O) groups is 1. The van der Waals surface area contributed by atoms with Crippen LogP contribution in [0, 0.1) is 0 Å². The molecule has 0 aliphatic heterocycles. The van der Waals surface area contributed by atoms with Crippen LogP contribution >= 0.6 is 11.6 Å². The number of carboxylic acids is 1. The summed E-state index contributed by atoms with van der Waals surface area (Å²) in [5.41, 5.74) is 5.82. The second-order valence-corrected chi connectivity index (χ2v) is 3.02. The molecule has 0 spiro atoms. The molecular weight excluding hydrogens is 245 g/mol. The molecule has 0 aliphatic rings. The molecule has 1 rings (SSSR count). The number of aromatic carboxylic acids is 1. The first-order valence-corrected chi connectivity index (χ1v) is 4.39. The van der Waals surface area contributed by atoms with Gasteiger partial charge in [0.2, 0.25) is 0 Å². The van der Waals surface area contributed by atoms with Crippen LogP contribution in [0.2, 0.25) is 5.02 Å². The number of nitrogen functional groups attached to an aromatic ring is 1. The Hall–Kier alpha value is 0.216. The normalized spacial score (nSPS) is 9.20. The molecule has 0 bridgehead atoms. The van der Waals surface area contributed by atoms with Crippen LogP contribution in [0.1, 0.15) is 17.3 Å². The van der Waals surface area contributed by atoms with Crippen molar-refractivity contribution in [1.29, 1.82) is 0 Å². The molecule has 0 heterocycles. The second-order valence-electron chi connectivity index (χ2n) is 2.61. The molecule has 0 amide bonds. The van der Waals surface area contributed by atoms with E-state index in [0.717, 1.165) is 0 Å². The predicted octanol–water partition coefficient (Wildman–Crippen LogP) is 1.64. The van der Waals surface area contributed by atoms with Gasteiger partial charge < -0.3 is 15.6 Å². The molecule has 6 heteroatoms. The van der Waals surface area contributed by atoms with Crippen LogP contribution in [0.15, 0.2) is 12.1 Å². The van der Waals surface area contributed by atoms with Crippen molar-refractivity contribution in [2.75, 3.05) is 12.3 Å². The number of anilines is 1. The van der Waals surface area contributed by atoms with E-state index in [9.17, 15) is 4.79 Å². The molecule has 77 valence electrons. The van der Waals surface area contributed by atoms with Gasteiger partial charge in [0.1, 0.15) is 5.75 Å². The summed E-state index contributed by atoms with van der Waals surface area (Å²) in [4.78, 5) is 10.7. The molecule has 0 aliphatic carbocycles. The second kappa shape index (κ2) is 6.72. The maximum Gasteiger partial charge on any atom is 0.337 e. The van der Waals surface area contributed by atoms with Gasteiger partial charge in [-0.25, -0.2) is 4.79 Å². The molecular formula is C9H10ClKNO3. The van der Waals surface area contributed by atoms with E-state index in [1.807, 2.05) is 0 Å². The van der Waals surface area contributed by atoms with Gasteiger partial charge in [0.05, 0.1) is 22.9 Å². The van der Waals surface area contributed by atoms with Crippen LogP contribution in [0.4, 0.5) is 5.69 Å². The first kappa shape index (κ1) is 15.2. The zero-order valence-corrected chi connectivity index (χ0v) is 12.5. The molecule has 0 saturated carbocycles. The topological polar surface area (TPSA) is 72.5 Å². The van der Waals surface area contributed by atoms with Crippen molar-refractivity contribution in [3.05, 3.63) is 22.7 Å². The number of carboxylic acid groups (broad SMARTS) is 1. The number of hydrogen-bond acceptors (Lipinski definition) is 3. The van der Waals surface area contributed by atoms with Gasteiger partial charge in [-0.2, -0.15) is 0 Å². The summed E-state index contributed by atoms with van der Waals surface area (Å²) in [7, 11) is 0.